The van der Waals surface area contributed by atoms with Gasteiger partial charge in [-0.3, -0.25) is 0 Å². The van der Waals surface area contributed by atoms with E-state index in [4.69, 9.17) is 0 Å². The van der Waals surface area contributed by atoms with Gasteiger partial charge in [-0.2, -0.15) is 0 Å². The molecule has 0 amide bonds. The van der Waals surface area contributed by atoms with Crippen LogP contribution in [0.3, 0.4) is 0 Å². The molecule has 0 atom stereocenters. The molecule has 0 saturated heterocycles. The van der Waals surface area contributed by atoms with Crippen LogP contribution in [0.25, 0.3) is 0 Å². The molecule has 0 radical (unpaired) electrons. The molecule has 2 nitrogen and oxygen atoms in total. The topological polar surface area (TPSA) is 27.0 Å². The van der Waals surface area contributed by atoms with E-state index in [0.717, 1.165) is 11.4 Å². The van der Waals surface area contributed by atoms with Crippen molar-refractivity contribution in [1.82, 2.24) is 10.2 Å². The predicted molar refractivity (Wildman–Crippen MR) is 60.8 cm³/mol. The Morgan fingerprint density at radius 3 is 1.69 bits per heavy atom. The molecule has 1 aromatic rings. The van der Waals surface area contributed by atoms with Crippen molar-refractivity contribution in [3.8, 4) is 0 Å². The van der Waals surface area contributed by atoms with Crippen LogP contribution in [0.2, 0.25) is 0 Å². The minimum absolute atomic E-state index is 0. The third-order valence-corrected chi connectivity index (χ3v) is 2.08. The minimum atomic E-state index is 0. The summed E-state index contributed by atoms with van der Waals surface area (Å²) in [5, 5.41) is 8.41. The van der Waals surface area contributed by atoms with Gasteiger partial charge in [0.1, 0.15) is 0 Å². The Balaban J connectivity index is 0. The standard InChI is InChI=1S/C11H19N2.2ClH.Pd/c1-10(2,3)8-7-9(13-12-8)11(4,5)6;;;/h7H,1-6H3;2*1H;/q-1;;;+2/p-2. The molecular formula is C11H19Cl2N2Pd-. The molecule has 1 rings (SSSR count). The van der Waals surface area contributed by atoms with Gasteiger partial charge in [-0.25, -0.2) is 0 Å². The summed E-state index contributed by atoms with van der Waals surface area (Å²) in [7, 11) is 4.49. The van der Waals surface area contributed by atoms with E-state index in [9.17, 15) is 0 Å². The zero-order valence-corrected chi connectivity index (χ0v) is 13.6. The van der Waals surface area contributed by atoms with E-state index in [-0.39, 0.29) is 23.2 Å². The molecule has 98 valence electrons. The van der Waals surface area contributed by atoms with Crippen molar-refractivity contribution in [3.05, 3.63) is 17.5 Å². The summed E-state index contributed by atoms with van der Waals surface area (Å²) in [6.45, 7) is 12.9. The number of aromatic nitrogens is 2. The molecule has 0 bridgehead atoms. The molecule has 0 unspecified atom stereocenters. The van der Waals surface area contributed by atoms with E-state index in [1.54, 1.807) is 0 Å². The molecule has 0 spiro atoms. The van der Waals surface area contributed by atoms with Crippen LogP contribution in [0.5, 0.6) is 0 Å². The maximum atomic E-state index is 4.49. The summed E-state index contributed by atoms with van der Waals surface area (Å²) in [5.41, 5.74) is 2.38. The van der Waals surface area contributed by atoms with E-state index in [1.807, 2.05) is 0 Å². The van der Waals surface area contributed by atoms with Crippen LogP contribution in [-0.2, 0) is 29.0 Å². The molecule has 5 heteroatoms. The first-order valence-electron chi connectivity index (χ1n) is 4.84. The molecule has 0 N–H and O–H groups in total. The molecule has 0 fully saturated rings. The molecular weight excluding hydrogens is 337 g/mol. The summed E-state index contributed by atoms with van der Waals surface area (Å²) in [4.78, 5) is 0. The van der Waals surface area contributed by atoms with Crippen molar-refractivity contribution in [2.45, 2.75) is 52.4 Å². The Kier molecular flexibility index (Phi) is 8.24. The molecule has 16 heavy (non-hydrogen) atoms. The average Bonchev–Trinajstić information content (AvgIpc) is 2.53. The summed E-state index contributed by atoms with van der Waals surface area (Å²) in [6.07, 6.45) is 0. The van der Waals surface area contributed by atoms with Crippen molar-refractivity contribution >= 4 is 9.53 Å². The first kappa shape index (κ1) is 18.8. The molecule has 0 saturated carbocycles. The Morgan fingerprint density at radius 1 is 1.06 bits per heavy atom. The summed E-state index contributed by atoms with van der Waals surface area (Å²) < 4.78 is 0. The van der Waals surface area contributed by atoms with E-state index < -0.39 is 0 Å². The van der Waals surface area contributed by atoms with E-state index in [2.05, 4.69) is 85.5 Å². The van der Waals surface area contributed by atoms with Gasteiger partial charge < -0.3 is 22.6 Å². The second-order valence-electron chi connectivity index (χ2n) is 5.61. The van der Waals surface area contributed by atoms with Crippen LogP contribution in [0.4, 0.5) is 0 Å². The number of hydrogen-bond acceptors (Lipinski definition) is 1. The van der Waals surface area contributed by atoms with Crippen molar-refractivity contribution < 1.29 is 30.6 Å². The first-order chi connectivity index (χ1) is 6.71. The number of rotatable bonds is 0. The van der Waals surface area contributed by atoms with Gasteiger partial charge in [-0.05, 0) is 5.41 Å². The summed E-state index contributed by atoms with van der Waals surface area (Å²) in [6, 6.07) is 2.11. The second-order valence-corrected chi connectivity index (χ2v) is 5.61. The van der Waals surface area contributed by atoms with Gasteiger partial charge in [0.15, 0.2) is 0 Å². The maximum absolute atomic E-state index is 4.49. The van der Waals surface area contributed by atoms with Crippen molar-refractivity contribution in [1.29, 1.82) is 0 Å². The molecule has 0 aliphatic heterocycles. The third-order valence-electron chi connectivity index (χ3n) is 2.08. The average molecular weight is 357 g/mol. The van der Waals surface area contributed by atoms with Gasteiger partial charge in [0, 0.05) is 11.1 Å². The van der Waals surface area contributed by atoms with Gasteiger partial charge in [0.05, 0.1) is 0 Å². The van der Waals surface area contributed by atoms with Gasteiger partial charge in [0.25, 0.3) is 0 Å². The Hall–Kier alpha value is 0.452. The van der Waals surface area contributed by atoms with Crippen LogP contribution in [0.15, 0.2) is 6.07 Å². The molecule has 0 aromatic carbocycles. The van der Waals surface area contributed by atoms with E-state index >= 15 is 0 Å². The number of nitrogens with zero attached hydrogens (tertiary/aromatic N) is 2. The Labute approximate surface area is 120 Å². The monoisotopic (exact) mass is 355 g/mol. The zero-order chi connectivity index (χ0) is 12.3. The van der Waals surface area contributed by atoms with Crippen molar-refractivity contribution in [3.63, 3.8) is 0 Å². The van der Waals surface area contributed by atoms with Crippen LogP contribution in [-0.4, -0.2) is 5.10 Å². The van der Waals surface area contributed by atoms with Crippen molar-refractivity contribution in [2.75, 3.05) is 0 Å². The second kappa shape index (κ2) is 7.01. The van der Waals surface area contributed by atoms with Gasteiger partial charge in [-0.1, -0.05) is 47.6 Å². The fourth-order valence-electron chi connectivity index (χ4n) is 1.03. The van der Waals surface area contributed by atoms with Gasteiger partial charge in [-0.15, -0.1) is 5.69 Å². The van der Waals surface area contributed by atoms with Crippen LogP contribution in [0, 0.1) is 0 Å². The molecule has 0 aliphatic carbocycles. The van der Waals surface area contributed by atoms with E-state index in [1.165, 1.54) is 0 Å². The van der Waals surface area contributed by atoms with Crippen LogP contribution in [0.1, 0.15) is 52.9 Å². The molecule has 1 aromatic heterocycles. The fraction of sp³-hybridized carbons (Fsp3) is 0.727. The quantitative estimate of drug-likeness (QED) is 0.626. The third kappa shape index (κ3) is 5.68. The Morgan fingerprint density at radius 2 is 1.50 bits per heavy atom. The first-order valence-corrected chi connectivity index (χ1v) is 6.85. The number of hydrogen-bond donors (Lipinski definition) is 0. The SMILES string of the molecule is CC(C)(C)c1cc(C(C)(C)C)[n-]n1.[Cl-].[Cl][Pd+]. The summed E-state index contributed by atoms with van der Waals surface area (Å²) in [5.74, 6) is 0. The normalized spacial score (nSPS) is 11.3. The molecule has 0 aliphatic rings. The van der Waals surface area contributed by atoms with Crippen LogP contribution >= 0.6 is 9.53 Å². The fourth-order valence-corrected chi connectivity index (χ4v) is 1.03. The van der Waals surface area contributed by atoms with Gasteiger partial charge >= 0.3 is 27.7 Å². The number of halogens is 2. The zero-order valence-electron chi connectivity index (χ0n) is 10.5. The van der Waals surface area contributed by atoms with Gasteiger partial charge in [0.2, 0.25) is 0 Å². The van der Waals surface area contributed by atoms with E-state index in [0.29, 0.717) is 0 Å². The van der Waals surface area contributed by atoms with Crippen molar-refractivity contribution in [2.24, 2.45) is 0 Å². The van der Waals surface area contributed by atoms with Crippen LogP contribution < -0.4 is 17.5 Å². The summed E-state index contributed by atoms with van der Waals surface area (Å²) >= 11 is 2.22. The predicted octanol–water partition coefficient (Wildman–Crippen LogP) is 0.325. The molecule has 1 heterocycles. The Bertz CT molecular complexity index is 269.